The summed E-state index contributed by atoms with van der Waals surface area (Å²) in [4.78, 5) is 13.4. The maximum atomic E-state index is 11.6. The molecule has 1 heterocycles. The summed E-state index contributed by atoms with van der Waals surface area (Å²) in [7, 11) is 0. The third-order valence-electron chi connectivity index (χ3n) is 2.17. The van der Waals surface area contributed by atoms with E-state index in [4.69, 9.17) is 4.74 Å². The number of nitrogens with zero attached hydrogens (tertiary/aromatic N) is 1. The molecule has 1 aliphatic rings. The number of piperidine rings is 1. The Bertz CT molecular complexity index is 224. The molecule has 1 atom stereocenters. The molecule has 0 aromatic heterocycles. The Morgan fingerprint density at radius 3 is 2.35 bits per heavy atom. The van der Waals surface area contributed by atoms with Crippen molar-refractivity contribution in [3.8, 4) is 0 Å². The molecule has 1 rings (SSSR count). The number of hydrogen-bond donors (Lipinski definition) is 0. The number of rotatable bonds is 0. The first-order valence-electron chi connectivity index (χ1n) is 5.19. The molecule has 0 radical (unpaired) electrons. The van der Waals surface area contributed by atoms with Crippen LogP contribution in [-0.4, -0.2) is 29.7 Å². The zero-order chi connectivity index (χ0) is 10.8. The van der Waals surface area contributed by atoms with Gasteiger partial charge in [0, 0.05) is 26.0 Å². The summed E-state index contributed by atoms with van der Waals surface area (Å²) in [5.41, 5.74) is -0.398. The van der Waals surface area contributed by atoms with Crippen molar-refractivity contribution in [1.29, 1.82) is 0 Å². The van der Waals surface area contributed by atoms with E-state index in [2.05, 4.69) is 6.92 Å². The van der Waals surface area contributed by atoms with Gasteiger partial charge in [-0.3, -0.25) is 0 Å². The maximum Gasteiger partial charge on any atom is 0.410 e. The molecular formula is C11H22INO2SZn-2. The molecule has 0 saturated carbocycles. The second-order valence-corrected chi connectivity index (χ2v) is 4.93. The fourth-order valence-corrected chi connectivity index (χ4v) is 1.56. The molecule has 0 aromatic rings. The monoisotopic (exact) mass is 423 g/mol. The van der Waals surface area contributed by atoms with E-state index in [0.29, 0.717) is 5.92 Å². The van der Waals surface area contributed by atoms with Crippen LogP contribution < -0.4 is 24.0 Å². The van der Waals surface area contributed by atoms with Gasteiger partial charge in [0.2, 0.25) is 0 Å². The average Bonchev–Trinajstić information content (AvgIpc) is 2.01. The van der Waals surface area contributed by atoms with Gasteiger partial charge in [0.05, 0.1) is 0 Å². The summed E-state index contributed by atoms with van der Waals surface area (Å²) in [6, 6.07) is 0. The molecule has 3 nitrogen and oxygen atoms in total. The van der Waals surface area contributed by atoms with Gasteiger partial charge in [-0.1, -0.05) is 6.42 Å². The number of likely N-dealkylation sites (tertiary alicyclic amines) is 1. The number of hydrogen-bond acceptors (Lipinski definition) is 2. The molecule has 1 saturated heterocycles. The standard InChI is InChI=1S/C11H20NO2.HI.H2S.Zn/c1-9-6-5-7-12(8-9)10(13)14-11(2,3)4;;;/h9H,1,5-8H2,2-4H3;1H;1H2;/q-1;;;/p-1/t9-;;;/m0.../s1. The van der Waals surface area contributed by atoms with Gasteiger partial charge in [-0.05, 0) is 33.7 Å². The Kier molecular flexibility index (Phi) is 13.4. The third-order valence-corrected chi connectivity index (χ3v) is 2.17. The fourth-order valence-electron chi connectivity index (χ4n) is 1.56. The van der Waals surface area contributed by atoms with Gasteiger partial charge >= 0.3 is 6.09 Å². The smallest absolute Gasteiger partial charge is 0.410 e. The summed E-state index contributed by atoms with van der Waals surface area (Å²) in [5.74, 6) is 0.358. The van der Waals surface area contributed by atoms with Gasteiger partial charge in [0.25, 0.3) is 0 Å². The van der Waals surface area contributed by atoms with Crippen molar-refractivity contribution in [2.45, 2.75) is 39.2 Å². The van der Waals surface area contributed by atoms with Crippen LogP contribution in [0.3, 0.4) is 0 Å². The van der Waals surface area contributed by atoms with Gasteiger partial charge in [0.1, 0.15) is 5.60 Å². The minimum Gasteiger partial charge on any atom is -1.00 e. The van der Waals surface area contributed by atoms with Crippen molar-refractivity contribution in [3.05, 3.63) is 6.92 Å². The SMILES string of the molecule is S.[CH2-][C@H]1CCCN(C(=O)OC(C)(C)C)C1.[I-].[Zn]. The largest absolute Gasteiger partial charge is 1.00 e. The quantitative estimate of drug-likeness (QED) is 0.300. The van der Waals surface area contributed by atoms with Crippen LogP contribution in [0.25, 0.3) is 0 Å². The van der Waals surface area contributed by atoms with Crippen LogP contribution in [-0.2, 0) is 24.2 Å². The minimum absolute atomic E-state index is 0. The minimum atomic E-state index is -0.398. The summed E-state index contributed by atoms with van der Waals surface area (Å²) in [5, 5.41) is 0. The molecule has 0 unspecified atom stereocenters. The topological polar surface area (TPSA) is 29.5 Å². The van der Waals surface area contributed by atoms with Crippen LogP contribution in [0.1, 0.15) is 33.6 Å². The molecule has 6 heteroatoms. The molecule has 0 aromatic carbocycles. The molecule has 17 heavy (non-hydrogen) atoms. The van der Waals surface area contributed by atoms with Crippen molar-refractivity contribution >= 4 is 19.6 Å². The van der Waals surface area contributed by atoms with E-state index in [1.54, 1.807) is 4.90 Å². The first kappa shape index (κ1) is 23.1. The van der Waals surface area contributed by atoms with Crippen LogP contribution >= 0.6 is 13.5 Å². The van der Waals surface area contributed by atoms with Gasteiger partial charge in [-0.2, -0.15) is 19.4 Å². The van der Waals surface area contributed by atoms with Crippen LogP contribution in [0.5, 0.6) is 0 Å². The van der Waals surface area contributed by atoms with Crippen LogP contribution in [0.15, 0.2) is 0 Å². The number of halogens is 1. The Balaban J connectivity index is -0.000000653. The van der Waals surface area contributed by atoms with Crippen LogP contribution in [0.2, 0.25) is 0 Å². The van der Waals surface area contributed by atoms with Crippen molar-refractivity contribution in [2.75, 3.05) is 13.1 Å². The summed E-state index contributed by atoms with van der Waals surface area (Å²) >= 11 is 0. The first-order chi connectivity index (χ1) is 6.38. The van der Waals surface area contributed by atoms with E-state index >= 15 is 0 Å². The second-order valence-electron chi connectivity index (χ2n) is 4.93. The summed E-state index contributed by atoms with van der Waals surface area (Å²) in [6.45, 7) is 11.2. The molecule has 0 spiro atoms. The Hall–Kier alpha value is 0.973. The fraction of sp³-hybridized carbons (Fsp3) is 0.818. The molecule has 0 bridgehead atoms. The van der Waals surface area contributed by atoms with Gasteiger partial charge < -0.3 is 40.5 Å². The third kappa shape index (κ3) is 9.54. The predicted molar refractivity (Wildman–Crippen MR) is 66.3 cm³/mol. The number of carbonyl (C=O) groups is 1. The number of ether oxygens (including phenoxy) is 1. The first-order valence-corrected chi connectivity index (χ1v) is 5.19. The van der Waals surface area contributed by atoms with E-state index < -0.39 is 5.60 Å². The van der Waals surface area contributed by atoms with Gasteiger partial charge in [-0.25, -0.2) is 4.79 Å². The summed E-state index contributed by atoms with van der Waals surface area (Å²) in [6.07, 6.45) is 1.94. The maximum absolute atomic E-state index is 11.6. The molecule has 1 aliphatic heterocycles. The predicted octanol–water partition coefficient (Wildman–Crippen LogP) is -0.418. The number of carbonyl (C=O) groups excluding carboxylic acids is 1. The van der Waals surface area contributed by atoms with Gasteiger partial charge in [-0.15, -0.1) is 0 Å². The van der Waals surface area contributed by atoms with Crippen molar-refractivity contribution in [3.63, 3.8) is 0 Å². The Morgan fingerprint density at radius 2 is 1.94 bits per heavy atom. The normalized spacial score (nSPS) is 19.3. The van der Waals surface area contributed by atoms with E-state index in [1.165, 1.54) is 0 Å². The Labute approximate surface area is 142 Å². The van der Waals surface area contributed by atoms with E-state index in [1.807, 2.05) is 20.8 Å². The summed E-state index contributed by atoms with van der Waals surface area (Å²) < 4.78 is 5.28. The van der Waals surface area contributed by atoms with E-state index in [0.717, 1.165) is 25.9 Å². The molecular weight excluding hydrogens is 402 g/mol. The van der Waals surface area contributed by atoms with Crippen LogP contribution in [0, 0.1) is 12.8 Å². The molecule has 0 N–H and O–H groups in total. The van der Waals surface area contributed by atoms with Crippen molar-refractivity contribution in [2.24, 2.45) is 5.92 Å². The molecule has 100 valence electrons. The molecule has 1 fully saturated rings. The second kappa shape index (κ2) is 9.85. The average molecular weight is 425 g/mol. The molecule has 0 aliphatic carbocycles. The molecule has 1 amide bonds. The van der Waals surface area contributed by atoms with E-state index in [9.17, 15) is 4.79 Å². The number of amides is 1. The van der Waals surface area contributed by atoms with Crippen molar-refractivity contribution in [1.82, 2.24) is 4.90 Å². The van der Waals surface area contributed by atoms with Crippen LogP contribution in [0.4, 0.5) is 4.79 Å². The van der Waals surface area contributed by atoms with E-state index in [-0.39, 0.29) is 63.0 Å². The zero-order valence-electron chi connectivity index (χ0n) is 11.0. The Morgan fingerprint density at radius 1 is 1.41 bits per heavy atom. The zero-order valence-corrected chi connectivity index (χ0v) is 17.1. The van der Waals surface area contributed by atoms with Crippen molar-refractivity contribution < 1.29 is 53.0 Å². The van der Waals surface area contributed by atoms with Gasteiger partial charge in [0.15, 0.2) is 0 Å².